The summed E-state index contributed by atoms with van der Waals surface area (Å²) in [6.45, 7) is 10.3. The standard InChI is InChI=1S/C15H24O3Si/c1-15(2,3)19(4,5)18-14(17)11-13(16)12-9-7-6-8-10-12/h6-10,13,16H,11H2,1-5H3/t13-/m1/s1. The quantitative estimate of drug-likeness (QED) is 0.856. The first-order valence-electron chi connectivity index (χ1n) is 6.58. The molecule has 106 valence electrons. The highest BCUT2D eigenvalue weighted by Crippen LogP contribution is 2.37. The van der Waals surface area contributed by atoms with Gasteiger partial charge >= 0.3 is 0 Å². The van der Waals surface area contributed by atoms with E-state index in [1.165, 1.54) is 0 Å². The van der Waals surface area contributed by atoms with E-state index in [-0.39, 0.29) is 17.4 Å². The summed E-state index contributed by atoms with van der Waals surface area (Å²) < 4.78 is 5.63. The fourth-order valence-electron chi connectivity index (χ4n) is 1.43. The molecule has 1 aromatic rings. The summed E-state index contributed by atoms with van der Waals surface area (Å²) in [4.78, 5) is 11.9. The van der Waals surface area contributed by atoms with Crippen LogP contribution >= 0.6 is 0 Å². The van der Waals surface area contributed by atoms with Gasteiger partial charge in [-0.05, 0) is 23.7 Å². The molecule has 0 saturated carbocycles. The molecule has 19 heavy (non-hydrogen) atoms. The van der Waals surface area contributed by atoms with Crippen LogP contribution in [0.1, 0.15) is 38.9 Å². The SMILES string of the molecule is CC(C)(C)[Si](C)(C)OC(=O)C[C@@H](O)c1ccccc1. The Bertz CT molecular complexity index is 421. The number of carbonyl (C=O) groups is 1. The van der Waals surface area contributed by atoms with Crippen molar-refractivity contribution in [2.24, 2.45) is 0 Å². The molecule has 0 radical (unpaired) electrons. The van der Waals surface area contributed by atoms with Crippen LogP contribution in [-0.2, 0) is 9.22 Å². The van der Waals surface area contributed by atoms with E-state index in [0.29, 0.717) is 0 Å². The largest absolute Gasteiger partial charge is 0.519 e. The predicted octanol–water partition coefficient (Wildman–Crippen LogP) is 3.66. The third kappa shape index (κ3) is 4.47. The molecule has 0 fully saturated rings. The summed E-state index contributed by atoms with van der Waals surface area (Å²) in [5.74, 6) is -0.317. The lowest BCUT2D eigenvalue weighted by Crippen LogP contribution is -2.42. The van der Waals surface area contributed by atoms with E-state index >= 15 is 0 Å². The number of aliphatic hydroxyl groups excluding tert-OH is 1. The van der Waals surface area contributed by atoms with Crippen molar-refractivity contribution in [3.8, 4) is 0 Å². The molecule has 0 aliphatic rings. The van der Waals surface area contributed by atoms with E-state index in [1.54, 1.807) is 0 Å². The van der Waals surface area contributed by atoms with Gasteiger partial charge in [0.1, 0.15) is 0 Å². The van der Waals surface area contributed by atoms with E-state index in [1.807, 2.05) is 43.4 Å². The molecule has 0 spiro atoms. The summed E-state index contributed by atoms with van der Waals surface area (Å²) in [7, 11) is -2.10. The molecule has 0 aliphatic heterocycles. The second-order valence-corrected chi connectivity index (χ2v) is 11.1. The van der Waals surface area contributed by atoms with Gasteiger partial charge in [0.15, 0.2) is 0 Å². The maximum absolute atomic E-state index is 11.9. The Morgan fingerprint density at radius 3 is 2.26 bits per heavy atom. The third-order valence-electron chi connectivity index (χ3n) is 3.72. The maximum atomic E-state index is 11.9. The van der Waals surface area contributed by atoms with Gasteiger partial charge in [0.05, 0.1) is 12.5 Å². The average Bonchev–Trinajstić information content (AvgIpc) is 2.27. The lowest BCUT2D eigenvalue weighted by Gasteiger charge is -2.35. The summed E-state index contributed by atoms with van der Waals surface area (Å²) in [6, 6.07) is 9.19. The average molecular weight is 280 g/mol. The van der Waals surface area contributed by atoms with Gasteiger partial charge in [-0.3, -0.25) is 4.79 Å². The molecule has 0 aromatic heterocycles. The van der Waals surface area contributed by atoms with Gasteiger partial charge in [0.2, 0.25) is 0 Å². The monoisotopic (exact) mass is 280 g/mol. The van der Waals surface area contributed by atoms with Crippen molar-refractivity contribution in [1.29, 1.82) is 0 Å². The summed E-state index contributed by atoms with van der Waals surface area (Å²) >= 11 is 0. The zero-order valence-corrected chi connectivity index (χ0v) is 13.4. The Morgan fingerprint density at radius 1 is 1.26 bits per heavy atom. The number of hydrogen-bond acceptors (Lipinski definition) is 3. The second-order valence-electron chi connectivity index (χ2n) is 6.36. The smallest absolute Gasteiger partial charge is 0.295 e. The molecule has 1 rings (SSSR count). The minimum absolute atomic E-state index is 0.0104. The highest BCUT2D eigenvalue weighted by Gasteiger charge is 2.40. The first-order valence-corrected chi connectivity index (χ1v) is 9.49. The highest BCUT2D eigenvalue weighted by molar-refractivity contribution is 6.75. The van der Waals surface area contributed by atoms with Crippen LogP contribution in [0.5, 0.6) is 0 Å². The van der Waals surface area contributed by atoms with E-state index < -0.39 is 14.4 Å². The zero-order chi connectivity index (χ0) is 14.7. The van der Waals surface area contributed by atoms with Gasteiger partial charge in [0, 0.05) is 0 Å². The molecular weight excluding hydrogens is 256 g/mol. The van der Waals surface area contributed by atoms with Gasteiger partial charge in [-0.25, -0.2) is 0 Å². The zero-order valence-electron chi connectivity index (χ0n) is 12.4. The summed E-state index contributed by atoms with van der Waals surface area (Å²) in [5.41, 5.74) is 0.745. The molecule has 0 aliphatic carbocycles. The van der Waals surface area contributed by atoms with E-state index in [0.717, 1.165) is 5.56 Å². The van der Waals surface area contributed by atoms with Crippen molar-refractivity contribution in [2.75, 3.05) is 0 Å². The molecule has 1 aromatic carbocycles. The van der Waals surface area contributed by atoms with Gasteiger partial charge in [0.25, 0.3) is 14.3 Å². The lowest BCUT2D eigenvalue weighted by atomic mass is 10.1. The Labute approximate surface area is 116 Å². The van der Waals surface area contributed by atoms with Gasteiger partial charge in [-0.2, -0.15) is 0 Å². The molecule has 1 atom stereocenters. The Morgan fingerprint density at radius 2 is 1.79 bits per heavy atom. The topological polar surface area (TPSA) is 46.5 Å². The molecule has 4 heteroatoms. The maximum Gasteiger partial charge on any atom is 0.295 e. The molecule has 1 N–H and O–H groups in total. The van der Waals surface area contributed by atoms with E-state index in [4.69, 9.17) is 4.43 Å². The Hall–Kier alpha value is -1.13. The lowest BCUT2D eigenvalue weighted by molar-refractivity contribution is -0.137. The van der Waals surface area contributed by atoms with Crippen LogP contribution in [0.2, 0.25) is 18.1 Å². The van der Waals surface area contributed by atoms with Crippen molar-refractivity contribution in [3.63, 3.8) is 0 Å². The van der Waals surface area contributed by atoms with Crippen LogP contribution < -0.4 is 0 Å². The minimum Gasteiger partial charge on any atom is -0.519 e. The van der Waals surface area contributed by atoms with Crippen LogP contribution in [0.4, 0.5) is 0 Å². The summed E-state index contributed by atoms with van der Waals surface area (Å²) in [5, 5.41) is 9.99. The fourth-order valence-corrected chi connectivity index (χ4v) is 2.39. The number of hydrogen-bond donors (Lipinski definition) is 1. The highest BCUT2D eigenvalue weighted by atomic mass is 28.4. The first kappa shape index (κ1) is 15.9. The van der Waals surface area contributed by atoms with Crippen LogP contribution in [0.25, 0.3) is 0 Å². The molecule has 3 nitrogen and oxygen atoms in total. The van der Waals surface area contributed by atoms with Crippen molar-refractivity contribution in [2.45, 2.75) is 51.4 Å². The normalized spacial score (nSPS) is 14.0. The van der Waals surface area contributed by atoms with E-state index in [2.05, 4.69) is 20.8 Å². The number of rotatable bonds is 4. The fraction of sp³-hybridized carbons (Fsp3) is 0.533. The molecule has 0 saturated heterocycles. The Kier molecular flexibility index (Phi) is 4.93. The third-order valence-corrected chi connectivity index (χ3v) is 8.07. The minimum atomic E-state index is -2.10. The van der Waals surface area contributed by atoms with Crippen molar-refractivity contribution >= 4 is 14.3 Å². The van der Waals surface area contributed by atoms with Gasteiger partial charge in [-0.15, -0.1) is 0 Å². The molecule has 0 unspecified atom stereocenters. The van der Waals surface area contributed by atoms with Crippen LogP contribution in [0, 0.1) is 0 Å². The number of benzene rings is 1. The van der Waals surface area contributed by atoms with Crippen molar-refractivity contribution in [1.82, 2.24) is 0 Å². The number of aliphatic hydroxyl groups is 1. The Balaban J connectivity index is 2.62. The molecule has 0 bridgehead atoms. The van der Waals surface area contributed by atoms with E-state index in [9.17, 15) is 9.90 Å². The van der Waals surface area contributed by atoms with Crippen LogP contribution in [0.15, 0.2) is 30.3 Å². The predicted molar refractivity (Wildman–Crippen MR) is 79.3 cm³/mol. The van der Waals surface area contributed by atoms with Crippen LogP contribution in [0.3, 0.4) is 0 Å². The van der Waals surface area contributed by atoms with Gasteiger partial charge < -0.3 is 9.53 Å². The second kappa shape index (κ2) is 5.88. The van der Waals surface area contributed by atoms with Crippen molar-refractivity contribution in [3.05, 3.63) is 35.9 Å². The van der Waals surface area contributed by atoms with Crippen molar-refractivity contribution < 1.29 is 14.3 Å². The molecule has 0 amide bonds. The summed E-state index contributed by atoms with van der Waals surface area (Å²) in [6.07, 6.45) is -0.783. The number of carbonyl (C=O) groups excluding carboxylic acids is 1. The van der Waals surface area contributed by atoms with Gasteiger partial charge in [-0.1, -0.05) is 51.1 Å². The molecule has 0 heterocycles. The molecular formula is C15H24O3Si. The first-order chi connectivity index (χ1) is 8.63. The van der Waals surface area contributed by atoms with Crippen LogP contribution in [-0.4, -0.2) is 19.4 Å².